The molecule has 0 heterocycles. The van der Waals surface area contributed by atoms with E-state index in [2.05, 4.69) is 6.92 Å². The average molecular weight is 299 g/mol. The summed E-state index contributed by atoms with van der Waals surface area (Å²) in [6, 6.07) is 0. The molecule has 0 amide bonds. The van der Waals surface area contributed by atoms with Crippen molar-refractivity contribution in [2.45, 2.75) is 90.4 Å². The second kappa shape index (κ2) is 15.8. The number of likely N-dealkylation sites (N-methyl/N-ethyl adjacent to an activating group) is 1. The average Bonchev–Trinajstić information content (AvgIpc) is 2.43. The first kappa shape index (κ1) is 20.4. The zero-order chi connectivity index (χ0) is 15.8. The van der Waals surface area contributed by atoms with Gasteiger partial charge in [0.1, 0.15) is 0 Å². The number of aliphatic carboxylic acids is 1. The molecule has 3 heteroatoms. The maximum atomic E-state index is 10.5. The van der Waals surface area contributed by atoms with Crippen LogP contribution in [0.3, 0.4) is 0 Å². The molecule has 0 unspecified atom stereocenters. The zero-order valence-corrected chi connectivity index (χ0v) is 14.4. The van der Waals surface area contributed by atoms with Crippen LogP contribution in [0, 0.1) is 0 Å². The molecule has 0 fully saturated rings. The van der Waals surface area contributed by atoms with Crippen LogP contribution in [0.1, 0.15) is 90.4 Å². The maximum absolute atomic E-state index is 10.5. The smallest absolute Gasteiger partial charge is 0.317 e. The Labute approximate surface area is 132 Å². The van der Waals surface area contributed by atoms with Crippen molar-refractivity contribution in [1.82, 2.24) is 4.90 Å². The fraction of sp³-hybridized carbons (Fsp3) is 0.944. The van der Waals surface area contributed by atoms with E-state index in [9.17, 15) is 4.79 Å². The Hall–Kier alpha value is -0.570. The number of hydrogen-bond donors (Lipinski definition) is 1. The SMILES string of the molecule is CCCCCCCCCCCCCCCN(C)CC(=O)O. The summed E-state index contributed by atoms with van der Waals surface area (Å²) in [5, 5.41) is 8.65. The van der Waals surface area contributed by atoms with Gasteiger partial charge in [0.2, 0.25) is 0 Å². The van der Waals surface area contributed by atoms with Gasteiger partial charge in [0, 0.05) is 0 Å². The van der Waals surface area contributed by atoms with E-state index in [-0.39, 0.29) is 6.54 Å². The Kier molecular flexibility index (Phi) is 15.4. The Morgan fingerprint density at radius 2 is 1.14 bits per heavy atom. The van der Waals surface area contributed by atoms with E-state index in [0.717, 1.165) is 13.0 Å². The fourth-order valence-electron chi connectivity index (χ4n) is 2.71. The molecule has 0 spiro atoms. The number of hydrogen-bond acceptors (Lipinski definition) is 2. The summed E-state index contributed by atoms with van der Waals surface area (Å²) in [5.74, 6) is -0.729. The predicted molar refractivity (Wildman–Crippen MR) is 90.8 cm³/mol. The molecule has 0 atom stereocenters. The molecule has 0 radical (unpaired) electrons. The van der Waals surface area contributed by atoms with Crippen molar-refractivity contribution >= 4 is 5.97 Å². The van der Waals surface area contributed by atoms with Crippen LogP contribution in [0.5, 0.6) is 0 Å². The van der Waals surface area contributed by atoms with E-state index < -0.39 is 5.97 Å². The quantitative estimate of drug-likeness (QED) is 0.403. The molecular weight excluding hydrogens is 262 g/mol. The molecule has 0 aliphatic rings. The Morgan fingerprint density at radius 1 is 0.762 bits per heavy atom. The van der Waals surface area contributed by atoms with Crippen LogP contribution < -0.4 is 0 Å². The highest BCUT2D eigenvalue weighted by Gasteiger charge is 2.02. The van der Waals surface area contributed by atoms with Gasteiger partial charge in [-0.05, 0) is 20.0 Å². The highest BCUT2D eigenvalue weighted by Crippen LogP contribution is 2.12. The summed E-state index contributed by atoms with van der Waals surface area (Å²) < 4.78 is 0. The number of rotatable bonds is 16. The molecule has 0 aliphatic carbocycles. The van der Waals surface area contributed by atoms with E-state index in [1.807, 2.05) is 11.9 Å². The molecule has 0 bridgehead atoms. The lowest BCUT2D eigenvalue weighted by Crippen LogP contribution is -2.26. The summed E-state index contributed by atoms with van der Waals surface area (Å²) in [7, 11) is 1.88. The number of carbonyl (C=O) groups is 1. The molecule has 3 nitrogen and oxygen atoms in total. The summed E-state index contributed by atoms with van der Waals surface area (Å²) in [4.78, 5) is 12.4. The lowest BCUT2D eigenvalue weighted by Gasteiger charge is -2.13. The van der Waals surface area contributed by atoms with Gasteiger partial charge in [-0.3, -0.25) is 9.69 Å². The number of nitrogens with zero attached hydrogens (tertiary/aromatic N) is 1. The molecule has 0 aromatic rings. The van der Waals surface area contributed by atoms with Gasteiger partial charge in [0.15, 0.2) is 0 Å². The molecule has 0 rings (SSSR count). The second-order valence-electron chi connectivity index (χ2n) is 6.37. The molecule has 1 N–H and O–H groups in total. The third kappa shape index (κ3) is 17.4. The minimum atomic E-state index is -0.729. The molecule has 0 saturated carbocycles. The van der Waals surface area contributed by atoms with Gasteiger partial charge in [0.05, 0.1) is 6.54 Å². The first-order valence-electron chi connectivity index (χ1n) is 9.07. The summed E-state index contributed by atoms with van der Waals surface area (Å²) >= 11 is 0. The molecule has 0 aromatic heterocycles. The summed E-state index contributed by atoms with van der Waals surface area (Å²) in [6.45, 7) is 3.34. The maximum Gasteiger partial charge on any atom is 0.317 e. The molecular formula is C18H37NO2. The minimum absolute atomic E-state index is 0.165. The van der Waals surface area contributed by atoms with Gasteiger partial charge in [-0.1, -0.05) is 84.0 Å². The van der Waals surface area contributed by atoms with Gasteiger partial charge in [0.25, 0.3) is 0 Å². The van der Waals surface area contributed by atoms with Crippen LogP contribution >= 0.6 is 0 Å². The highest BCUT2D eigenvalue weighted by atomic mass is 16.4. The van der Waals surface area contributed by atoms with Gasteiger partial charge in [-0.15, -0.1) is 0 Å². The van der Waals surface area contributed by atoms with E-state index in [4.69, 9.17) is 5.11 Å². The van der Waals surface area contributed by atoms with Gasteiger partial charge in [-0.2, -0.15) is 0 Å². The van der Waals surface area contributed by atoms with Crippen molar-refractivity contribution in [1.29, 1.82) is 0 Å². The second-order valence-corrected chi connectivity index (χ2v) is 6.37. The normalized spacial score (nSPS) is 11.2. The van der Waals surface area contributed by atoms with Crippen LogP contribution in [-0.4, -0.2) is 36.1 Å². The van der Waals surface area contributed by atoms with Crippen LogP contribution in [-0.2, 0) is 4.79 Å². The Bertz CT molecular complexity index is 231. The number of carboxylic acids is 1. The van der Waals surface area contributed by atoms with Crippen LogP contribution in [0.25, 0.3) is 0 Å². The summed E-state index contributed by atoms with van der Waals surface area (Å²) in [5.41, 5.74) is 0. The first-order valence-corrected chi connectivity index (χ1v) is 9.07. The molecule has 21 heavy (non-hydrogen) atoms. The van der Waals surface area contributed by atoms with E-state index in [1.54, 1.807) is 0 Å². The molecule has 0 aromatic carbocycles. The minimum Gasteiger partial charge on any atom is -0.480 e. The lowest BCUT2D eigenvalue weighted by molar-refractivity contribution is -0.137. The zero-order valence-electron chi connectivity index (χ0n) is 14.4. The van der Waals surface area contributed by atoms with Gasteiger partial charge < -0.3 is 5.11 Å². The molecule has 126 valence electrons. The fourth-order valence-corrected chi connectivity index (χ4v) is 2.71. The largest absolute Gasteiger partial charge is 0.480 e. The highest BCUT2D eigenvalue weighted by molar-refractivity contribution is 5.68. The van der Waals surface area contributed by atoms with Crippen molar-refractivity contribution in [2.75, 3.05) is 20.1 Å². The van der Waals surface area contributed by atoms with Gasteiger partial charge >= 0.3 is 5.97 Å². The van der Waals surface area contributed by atoms with Crippen molar-refractivity contribution in [3.63, 3.8) is 0 Å². The first-order chi connectivity index (χ1) is 10.2. The lowest BCUT2D eigenvalue weighted by atomic mass is 10.0. The topological polar surface area (TPSA) is 40.5 Å². The number of carboxylic acid groups (broad SMARTS) is 1. The van der Waals surface area contributed by atoms with Crippen molar-refractivity contribution in [3.05, 3.63) is 0 Å². The van der Waals surface area contributed by atoms with E-state index >= 15 is 0 Å². The molecule has 0 saturated heterocycles. The molecule has 0 aliphatic heterocycles. The van der Waals surface area contributed by atoms with Crippen molar-refractivity contribution < 1.29 is 9.90 Å². The van der Waals surface area contributed by atoms with Crippen molar-refractivity contribution in [2.24, 2.45) is 0 Å². The Morgan fingerprint density at radius 3 is 1.52 bits per heavy atom. The van der Waals surface area contributed by atoms with Gasteiger partial charge in [-0.25, -0.2) is 0 Å². The van der Waals surface area contributed by atoms with E-state index in [1.165, 1.54) is 77.0 Å². The predicted octanol–water partition coefficient (Wildman–Crippen LogP) is 5.09. The van der Waals surface area contributed by atoms with Crippen LogP contribution in [0.4, 0.5) is 0 Å². The van der Waals surface area contributed by atoms with Crippen LogP contribution in [0.2, 0.25) is 0 Å². The van der Waals surface area contributed by atoms with Crippen molar-refractivity contribution in [3.8, 4) is 0 Å². The third-order valence-corrected chi connectivity index (χ3v) is 4.05. The summed E-state index contributed by atoms with van der Waals surface area (Å²) in [6.07, 6.45) is 17.6. The standard InChI is InChI=1S/C18H37NO2/c1-3-4-5-6-7-8-9-10-11-12-13-14-15-16-19(2)17-18(20)21/h3-17H2,1-2H3,(H,20,21). The van der Waals surface area contributed by atoms with E-state index in [0.29, 0.717) is 0 Å². The van der Waals surface area contributed by atoms with Crippen LogP contribution in [0.15, 0.2) is 0 Å². The monoisotopic (exact) mass is 299 g/mol. The third-order valence-electron chi connectivity index (χ3n) is 4.05. The number of unbranched alkanes of at least 4 members (excludes halogenated alkanes) is 12. The Balaban J connectivity index is 3.07.